The van der Waals surface area contributed by atoms with Crippen LogP contribution in [0, 0.1) is 6.92 Å². The number of rotatable bonds is 6. The Hall–Kier alpha value is -4.07. The largest absolute Gasteiger partial charge is 0.493 e. The molecule has 4 aromatic rings. The molecular formula is C31H28Cl2N2O5. The van der Waals surface area contributed by atoms with Crippen LogP contribution >= 0.6 is 23.2 Å². The number of carboxylic acids is 1. The SMILES string of the molecule is CC.Cc1cc(-c2cccc(NC(=O)c3ccc(Oc4cc5c(cc4Cl)C(C(=O)O)CCO5)cc3)n2)ccc1Cl. The first-order chi connectivity index (χ1) is 19.3. The van der Waals surface area contributed by atoms with Crippen LogP contribution in [-0.2, 0) is 4.79 Å². The van der Waals surface area contributed by atoms with Crippen LogP contribution in [0.5, 0.6) is 17.2 Å². The van der Waals surface area contributed by atoms with Crippen molar-refractivity contribution in [3.8, 4) is 28.5 Å². The second-order valence-corrected chi connectivity index (χ2v) is 9.62. The lowest BCUT2D eigenvalue weighted by molar-refractivity contribution is -0.139. The second kappa shape index (κ2) is 12.9. The van der Waals surface area contributed by atoms with E-state index in [1.807, 2.05) is 51.1 Å². The van der Waals surface area contributed by atoms with Crippen molar-refractivity contribution in [1.82, 2.24) is 4.98 Å². The van der Waals surface area contributed by atoms with Gasteiger partial charge in [-0.1, -0.05) is 49.2 Å². The maximum Gasteiger partial charge on any atom is 0.311 e. The van der Waals surface area contributed by atoms with Crippen LogP contribution in [0.4, 0.5) is 5.82 Å². The standard InChI is InChI=1S/C29H22Cl2N2O5.C2H6/c1-16-13-18(7-10-22(16)30)24-3-2-4-27(32-24)33-28(34)17-5-8-19(9-6-17)38-26-15-25-21(14-23(26)31)20(29(35)36)11-12-37-25;1-2/h2-10,13-15,20H,11-12H2,1H3,(H,35,36)(H,32,33,34);1-2H3. The van der Waals surface area contributed by atoms with Crippen LogP contribution in [0.2, 0.25) is 10.0 Å². The summed E-state index contributed by atoms with van der Waals surface area (Å²) in [5, 5.41) is 13.2. The molecule has 7 nitrogen and oxygen atoms in total. The fourth-order valence-corrected chi connectivity index (χ4v) is 4.51. The van der Waals surface area contributed by atoms with Crippen molar-refractivity contribution in [3.05, 3.63) is 99.5 Å². The Morgan fingerprint density at radius 1 is 1.00 bits per heavy atom. The number of nitrogens with zero attached hydrogens (tertiary/aromatic N) is 1. The minimum absolute atomic E-state index is 0.268. The molecular weight excluding hydrogens is 551 g/mol. The number of hydrogen-bond acceptors (Lipinski definition) is 5. The topological polar surface area (TPSA) is 97.8 Å². The van der Waals surface area contributed by atoms with E-state index in [9.17, 15) is 14.7 Å². The van der Waals surface area contributed by atoms with Gasteiger partial charge in [0.25, 0.3) is 5.91 Å². The number of benzene rings is 3. The van der Waals surface area contributed by atoms with E-state index in [1.54, 1.807) is 42.5 Å². The minimum Gasteiger partial charge on any atom is -0.493 e. The Morgan fingerprint density at radius 3 is 2.45 bits per heavy atom. The van der Waals surface area contributed by atoms with Crippen LogP contribution in [-0.4, -0.2) is 28.6 Å². The van der Waals surface area contributed by atoms with Crippen molar-refractivity contribution in [2.45, 2.75) is 33.1 Å². The number of nitrogens with one attached hydrogen (secondary N) is 1. The van der Waals surface area contributed by atoms with Crippen molar-refractivity contribution < 1.29 is 24.2 Å². The molecule has 1 amide bonds. The Balaban J connectivity index is 0.00000181. The Labute approximate surface area is 242 Å². The molecule has 9 heteroatoms. The third kappa shape index (κ3) is 6.55. The zero-order valence-electron chi connectivity index (χ0n) is 22.2. The van der Waals surface area contributed by atoms with Crippen LogP contribution in [0.1, 0.15) is 47.7 Å². The maximum absolute atomic E-state index is 12.8. The van der Waals surface area contributed by atoms with E-state index >= 15 is 0 Å². The Bertz CT molecular complexity index is 1540. The smallest absolute Gasteiger partial charge is 0.311 e. The average Bonchev–Trinajstić information content (AvgIpc) is 2.96. The van der Waals surface area contributed by atoms with Crippen LogP contribution in [0.3, 0.4) is 0 Å². The number of carboxylic acid groups (broad SMARTS) is 1. The molecule has 3 aromatic carbocycles. The molecule has 0 saturated carbocycles. The van der Waals surface area contributed by atoms with Gasteiger partial charge in [-0.25, -0.2) is 4.98 Å². The minimum atomic E-state index is -0.921. The first-order valence-corrected chi connectivity index (χ1v) is 13.6. The molecule has 0 saturated heterocycles. The summed E-state index contributed by atoms with van der Waals surface area (Å²) >= 11 is 12.5. The number of anilines is 1. The van der Waals surface area contributed by atoms with Crippen molar-refractivity contribution in [2.24, 2.45) is 0 Å². The summed E-state index contributed by atoms with van der Waals surface area (Å²) in [4.78, 5) is 28.9. The number of hydrogen-bond donors (Lipinski definition) is 2. The maximum atomic E-state index is 12.8. The van der Waals surface area contributed by atoms with Crippen LogP contribution < -0.4 is 14.8 Å². The molecule has 0 aliphatic carbocycles. The number of aromatic nitrogens is 1. The van der Waals surface area contributed by atoms with E-state index in [4.69, 9.17) is 32.7 Å². The summed E-state index contributed by atoms with van der Waals surface area (Å²) in [6.07, 6.45) is 0.378. The van der Waals surface area contributed by atoms with E-state index in [2.05, 4.69) is 10.3 Å². The predicted molar refractivity (Wildman–Crippen MR) is 157 cm³/mol. The summed E-state index contributed by atoms with van der Waals surface area (Å²) in [6, 6.07) is 20.8. The van der Waals surface area contributed by atoms with Crippen molar-refractivity contribution in [3.63, 3.8) is 0 Å². The van der Waals surface area contributed by atoms with Gasteiger partial charge in [-0.15, -0.1) is 0 Å². The van der Waals surface area contributed by atoms with Gasteiger partial charge in [-0.05, 0) is 73.5 Å². The monoisotopic (exact) mass is 578 g/mol. The number of carbonyl (C=O) groups excluding carboxylic acids is 1. The molecule has 1 aliphatic rings. The number of aryl methyl sites for hydroxylation is 1. The van der Waals surface area contributed by atoms with E-state index < -0.39 is 11.9 Å². The third-order valence-electron chi connectivity index (χ3n) is 6.19. The molecule has 2 N–H and O–H groups in total. The van der Waals surface area contributed by atoms with E-state index in [-0.39, 0.29) is 10.9 Å². The van der Waals surface area contributed by atoms with Crippen LogP contribution in [0.15, 0.2) is 72.8 Å². The van der Waals surface area contributed by atoms with Gasteiger partial charge in [0, 0.05) is 27.8 Å². The summed E-state index contributed by atoms with van der Waals surface area (Å²) in [5.41, 5.74) is 3.49. The molecule has 0 radical (unpaired) electrons. The van der Waals surface area contributed by atoms with Gasteiger partial charge in [0.2, 0.25) is 0 Å². The van der Waals surface area contributed by atoms with Gasteiger partial charge in [0.05, 0.1) is 23.2 Å². The number of fused-ring (bicyclic) bond motifs is 1. The highest BCUT2D eigenvalue weighted by Crippen LogP contribution is 2.41. The first-order valence-electron chi connectivity index (χ1n) is 12.8. The van der Waals surface area contributed by atoms with Gasteiger partial charge in [-0.2, -0.15) is 0 Å². The highest BCUT2D eigenvalue weighted by molar-refractivity contribution is 6.32. The normalized spacial score (nSPS) is 13.7. The third-order valence-corrected chi connectivity index (χ3v) is 6.91. The number of halogens is 2. The lowest BCUT2D eigenvalue weighted by Crippen LogP contribution is -2.20. The lowest BCUT2D eigenvalue weighted by atomic mass is 9.93. The number of pyridine rings is 1. The highest BCUT2D eigenvalue weighted by atomic mass is 35.5. The van der Waals surface area contributed by atoms with Gasteiger partial charge < -0.3 is 19.9 Å². The quantitative estimate of drug-likeness (QED) is 0.238. The first kappa shape index (κ1) is 28.9. The summed E-state index contributed by atoms with van der Waals surface area (Å²) in [5.74, 6) is -0.292. The summed E-state index contributed by atoms with van der Waals surface area (Å²) in [6.45, 7) is 6.22. The molecule has 5 rings (SSSR count). The molecule has 0 spiro atoms. The number of amides is 1. The molecule has 0 fully saturated rings. The molecule has 1 atom stereocenters. The Morgan fingerprint density at radius 2 is 1.75 bits per heavy atom. The fraction of sp³-hybridized carbons (Fsp3) is 0.194. The fourth-order valence-electron chi connectivity index (χ4n) is 4.18. The van der Waals surface area contributed by atoms with E-state index in [0.717, 1.165) is 11.1 Å². The zero-order chi connectivity index (χ0) is 28.8. The molecule has 2 heterocycles. The molecule has 40 heavy (non-hydrogen) atoms. The summed E-state index contributed by atoms with van der Waals surface area (Å²) in [7, 11) is 0. The summed E-state index contributed by atoms with van der Waals surface area (Å²) < 4.78 is 11.5. The van der Waals surface area contributed by atoms with Gasteiger partial charge in [0.1, 0.15) is 23.1 Å². The highest BCUT2D eigenvalue weighted by Gasteiger charge is 2.29. The van der Waals surface area contributed by atoms with Gasteiger partial charge >= 0.3 is 5.97 Å². The number of aliphatic carboxylic acids is 1. The number of ether oxygens (including phenoxy) is 2. The predicted octanol–water partition coefficient (Wildman–Crippen LogP) is 8.39. The van der Waals surface area contributed by atoms with Crippen molar-refractivity contribution in [1.29, 1.82) is 0 Å². The van der Waals surface area contributed by atoms with Crippen LogP contribution in [0.25, 0.3) is 11.3 Å². The average molecular weight is 579 g/mol. The zero-order valence-corrected chi connectivity index (χ0v) is 23.7. The second-order valence-electron chi connectivity index (χ2n) is 8.80. The van der Waals surface area contributed by atoms with Gasteiger partial charge in [0.15, 0.2) is 0 Å². The molecule has 206 valence electrons. The molecule has 0 bridgehead atoms. The molecule has 1 aliphatic heterocycles. The Kier molecular flexibility index (Phi) is 9.30. The van der Waals surface area contributed by atoms with Crippen molar-refractivity contribution in [2.75, 3.05) is 11.9 Å². The molecule has 1 aromatic heterocycles. The van der Waals surface area contributed by atoms with E-state index in [0.29, 0.717) is 57.9 Å². The van der Waals surface area contributed by atoms with E-state index in [1.165, 1.54) is 0 Å². The van der Waals surface area contributed by atoms with Crippen molar-refractivity contribution >= 4 is 40.9 Å². The lowest BCUT2D eigenvalue weighted by Gasteiger charge is -2.24. The van der Waals surface area contributed by atoms with Gasteiger partial charge in [-0.3, -0.25) is 9.59 Å². The number of carbonyl (C=O) groups is 2. The molecule has 1 unspecified atom stereocenters.